The first-order valence-electron chi connectivity index (χ1n) is 9.47. The Kier molecular flexibility index (Phi) is 7.01. The molecule has 0 unspecified atom stereocenters. The minimum absolute atomic E-state index is 0.494. The molecule has 0 bridgehead atoms. The Balaban J connectivity index is 1.71. The van der Waals surface area contributed by atoms with Crippen LogP contribution in [-0.4, -0.2) is 57.7 Å². The van der Waals surface area contributed by atoms with E-state index in [1.165, 1.54) is 5.56 Å². The van der Waals surface area contributed by atoms with Crippen LogP contribution in [0.25, 0.3) is 5.70 Å². The molecule has 1 aromatic carbocycles. The number of amides is 1. The van der Waals surface area contributed by atoms with E-state index in [9.17, 15) is 4.79 Å². The zero-order valence-electron chi connectivity index (χ0n) is 16.1. The molecule has 6 nitrogen and oxygen atoms in total. The van der Waals surface area contributed by atoms with E-state index in [0.717, 1.165) is 62.3 Å². The summed E-state index contributed by atoms with van der Waals surface area (Å²) in [6.07, 6.45) is 5.67. The zero-order valence-corrected chi connectivity index (χ0v) is 16.1. The largest absolute Gasteiger partial charge is 0.481 e. The predicted molar refractivity (Wildman–Crippen MR) is 104 cm³/mol. The number of methoxy groups -OCH3 is 1. The molecular weight excluding hydrogens is 344 g/mol. The molecule has 27 heavy (non-hydrogen) atoms. The first-order chi connectivity index (χ1) is 13.2. The van der Waals surface area contributed by atoms with Crippen molar-refractivity contribution >= 4 is 18.0 Å². The van der Waals surface area contributed by atoms with Crippen molar-refractivity contribution < 1.29 is 19.0 Å². The summed E-state index contributed by atoms with van der Waals surface area (Å²) in [6.45, 7) is 3.74. The van der Waals surface area contributed by atoms with Gasteiger partial charge in [0.25, 0.3) is 0 Å². The third kappa shape index (κ3) is 4.96. The van der Waals surface area contributed by atoms with Crippen molar-refractivity contribution in [3.8, 4) is 0 Å². The van der Waals surface area contributed by atoms with E-state index in [-0.39, 0.29) is 0 Å². The molecule has 1 saturated heterocycles. The molecule has 2 aliphatic heterocycles. The van der Waals surface area contributed by atoms with Gasteiger partial charge in [0.1, 0.15) is 0 Å². The third-order valence-corrected chi connectivity index (χ3v) is 5.16. The highest BCUT2D eigenvalue weighted by molar-refractivity contribution is 5.97. The highest BCUT2D eigenvalue weighted by atomic mass is 16.5. The third-order valence-electron chi connectivity index (χ3n) is 5.16. The summed E-state index contributed by atoms with van der Waals surface area (Å²) in [5.41, 5.74) is 4.25. The summed E-state index contributed by atoms with van der Waals surface area (Å²) < 4.78 is 16.6. The van der Waals surface area contributed by atoms with Crippen molar-refractivity contribution in [3.63, 3.8) is 0 Å². The molecule has 3 rings (SSSR count). The second kappa shape index (κ2) is 9.67. The molecule has 0 saturated carbocycles. The van der Waals surface area contributed by atoms with Gasteiger partial charge in [-0.05, 0) is 36.3 Å². The number of ether oxygens (including phenoxy) is 3. The summed E-state index contributed by atoms with van der Waals surface area (Å²) in [6, 6.07) is 6.32. The fourth-order valence-electron chi connectivity index (χ4n) is 3.57. The van der Waals surface area contributed by atoms with Gasteiger partial charge < -0.3 is 19.1 Å². The SMILES string of the molecule is CN=C(/C=C1/c2ccc(COCC3CCOCC3)cc2CCN1C=O)OC. The minimum atomic E-state index is 0.494. The maximum atomic E-state index is 11.5. The fraction of sp³-hybridized carbons (Fsp3) is 0.524. The first kappa shape index (κ1) is 19.6. The average Bonchev–Trinajstić information content (AvgIpc) is 2.72. The number of nitrogens with zero attached hydrogens (tertiary/aromatic N) is 2. The van der Waals surface area contributed by atoms with Crippen molar-refractivity contribution in [2.24, 2.45) is 10.9 Å². The molecule has 1 fully saturated rings. The smallest absolute Gasteiger partial charge is 0.214 e. The maximum absolute atomic E-state index is 11.5. The van der Waals surface area contributed by atoms with E-state index in [1.54, 1.807) is 19.1 Å². The Morgan fingerprint density at radius 3 is 2.89 bits per heavy atom. The summed E-state index contributed by atoms with van der Waals surface area (Å²) in [5, 5.41) is 0. The lowest BCUT2D eigenvalue weighted by molar-refractivity contribution is -0.115. The quantitative estimate of drug-likeness (QED) is 0.438. The van der Waals surface area contributed by atoms with Gasteiger partial charge in [0.2, 0.25) is 12.3 Å². The normalized spacial score (nSPS) is 19.9. The Labute approximate surface area is 160 Å². The lowest BCUT2D eigenvalue weighted by atomic mass is 9.94. The summed E-state index contributed by atoms with van der Waals surface area (Å²) in [7, 11) is 3.25. The van der Waals surface area contributed by atoms with Gasteiger partial charge >= 0.3 is 0 Å². The number of hydrogen-bond donors (Lipinski definition) is 0. The Morgan fingerprint density at radius 1 is 1.37 bits per heavy atom. The molecule has 0 N–H and O–H groups in total. The van der Waals surface area contributed by atoms with Crippen molar-refractivity contribution in [1.29, 1.82) is 0 Å². The van der Waals surface area contributed by atoms with Crippen molar-refractivity contribution in [3.05, 3.63) is 41.0 Å². The van der Waals surface area contributed by atoms with Crippen LogP contribution >= 0.6 is 0 Å². The van der Waals surface area contributed by atoms with Gasteiger partial charge in [0.05, 0.1) is 26.0 Å². The van der Waals surface area contributed by atoms with E-state index in [0.29, 0.717) is 25.0 Å². The van der Waals surface area contributed by atoms with E-state index in [2.05, 4.69) is 23.2 Å². The van der Waals surface area contributed by atoms with Crippen LogP contribution in [0, 0.1) is 5.92 Å². The molecule has 2 heterocycles. The molecule has 146 valence electrons. The van der Waals surface area contributed by atoms with Gasteiger partial charge in [0, 0.05) is 38.4 Å². The lowest BCUT2D eigenvalue weighted by Gasteiger charge is -2.29. The molecule has 0 spiro atoms. The monoisotopic (exact) mass is 372 g/mol. The number of rotatable bonds is 6. The van der Waals surface area contributed by atoms with Gasteiger partial charge in [-0.2, -0.15) is 0 Å². The number of benzene rings is 1. The first-order valence-corrected chi connectivity index (χ1v) is 9.47. The Bertz CT molecular complexity index is 708. The fourth-order valence-corrected chi connectivity index (χ4v) is 3.57. The summed E-state index contributed by atoms with van der Waals surface area (Å²) in [4.78, 5) is 17.3. The lowest BCUT2D eigenvalue weighted by Crippen LogP contribution is -2.29. The molecule has 1 amide bonds. The average molecular weight is 372 g/mol. The van der Waals surface area contributed by atoms with Crippen LogP contribution in [0.3, 0.4) is 0 Å². The van der Waals surface area contributed by atoms with Crippen LogP contribution < -0.4 is 0 Å². The number of carbonyl (C=O) groups is 1. The van der Waals surface area contributed by atoms with Crippen LogP contribution in [0.5, 0.6) is 0 Å². The van der Waals surface area contributed by atoms with Crippen LogP contribution in [0.2, 0.25) is 0 Å². The van der Waals surface area contributed by atoms with Gasteiger partial charge in [-0.15, -0.1) is 0 Å². The second-order valence-electron chi connectivity index (χ2n) is 6.91. The van der Waals surface area contributed by atoms with E-state index in [4.69, 9.17) is 14.2 Å². The predicted octanol–water partition coefficient (Wildman–Crippen LogP) is 2.66. The summed E-state index contributed by atoms with van der Waals surface area (Å²) in [5.74, 6) is 1.10. The number of fused-ring (bicyclic) bond motifs is 1. The van der Waals surface area contributed by atoms with Gasteiger partial charge in [-0.3, -0.25) is 9.79 Å². The number of aliphatic imine (C=N–C) groups is 1. The second-order valence-corrected chi connectivity index (χ2v) is 6.91. The molecule has 0 aliphatic carbocycles. The topological polar surface area (TPSA) is 60.4 Å². The van der Waals surface area contributed by atoms with Crippen molar-refractivity contribution in [1.82, 2.24) is 4.90 Å². The van der Waals surface area contributed by atoms with Gasteiger partial charge in [0.15, 0.2) is 0 Å². The van der Waals surface area contributed by atoms with Crippen molar-refractivity contribution in [2.45, 2.75) is 25.9 Å². The molecule has 0 atom stereocenters. The molecule has 0 radical (unpaired) electrons. The van der Waals surface area contributed by atoms with Gasteiger partial charge in [-0.25, -0.2) is 0 Å². The van der Waals surface area contributed by atoms with Gasteiger partial charge in [-0.1, -0.05) is 18.2 Å². The molecule has 6 heteroatoms. The van der Waals surface area contributed by atoms with E-state index in [1.807, 2.05) is 6.08 Å². The Morgan fingerprint density at radius 2 is 2.19 bits per heavy atom. The molecule has 1 aromatic rings. The number of carbonyl (C=O) groups excluding carboxylic acids is 1. The van der Waals surface area contributed by atoms with Crippen molar-refractivity contribution in [2.75, 3.05) is 40.5 Å². The van der Waals surface area contributed by atoms with Crippen LogP contribution in [0.15, 0.2) is 29.3 Å². The summed E-state index contributed by atoms with van der Waals surface area (Å²) >= 11 is 0. The van der Waals surface area contributed by atoms with E-state index >= 15 is 0 Å². The number of hydrogen-bond acceptors (Lipinski definition) is 5. The Hall–Kier alpha value is -2.18. The zero-order chi connectivity index (χ0) is 19.1. The minimum Gasteiger partial charge on any atom is -0.481 e. The van der Waals surface area contributed by atoms with Crippen LogP contribution in [0.4, 0.5) is 0 Å². The van der Waals surface area contributed by atoms with E-state index < -0.39 is 0 Å². The van der Waals surface area contributed by atoms with Crippen LogP contribution in [-0.2, 0) is 32.0 Å². The highest BCUT2D eigenvalue weighted by Gasteiger charge is 2.22. The standard InChI is InChI=1S/C21H28N2O4/c1-22-21(25-2)12-20-19-4-3-17(11-18(19)5-8-23(20)15-24)14-27-13-16-6-9-26-10-7-16/h3-4,11-12,15-16H,5-10,13-14H2,1-2H3/b20-12-,22-21?. The molecule has 2 aliphatic rings. The maximum Gasteiger partial charge on any atom is 0.214 e. The van der Waals surface area contributed by atoms with Crippen LogP contribution in [0.1, 0.15) is 29.5 Å². The highest BCUT2D eigenvalue weighted by Crippen LogP contribution is 2.29. The molecular formula is C21H28N2O4. The molecule has 0 aromatic heterocycles.